The molecule has 1 rings (SSSR count). The Balaban J connectivity index is 0.000000577. The van der Waals surface area contributed by atoms with Gasteiger partial charge in [0, 0.05) is 15.9 Å². The summed E-state index contributed by atoms with van der Waals surface area (Å²) < 4.78 is 11.2. The van der Waals surface area contributed by atoms with E-state index in [1.54, 1.807) is 41.5 Å². The Morgan fingerprint density at radius 1 is 0.923 bits per heavy atom. The Labute approximate surface area is 165 Å². The summed E-state index contributed by atoms with van der Waals surface area (Å²) in [6.45, 7) is 14.7. The van der Waals surface area contributed by atoms with E-state index in [2.05, 4.69) is 26.2 Å². The number of rotatable bonds is 4. The third-order valence-electron chi connectivity index (χ3n) is 2.42. The predicted molar refractivity (Wildman–Crippen MR) is 106 cm³/mol. The van der Waals surface area contributed by atoms with Gasteiger partial charge in [-0.05, 0) is 67.5 Å². The van der Waals surface area contributed by atoms with Crippen LogP contribution in [0.3, 0.4) is 0 Å². The number of halogens is 1. The average molecular weight is 431 g/mol. The highest BCUT2D eigenvalue weighted by Crippen LogP contribution is 2.11. The number of ether oxygens (including phenoxy) is 2. The first-order valence-electron chi connectivity index (χ1n) is 8.43. The minimum atomic E-state index is -0.509. The molecule has 0 amide bonds. The van der Waals surface area contributed by atoms with E-state index in [0.717, 1.165) is 15.9 Å². The van der Waals surface area contributed by atoms with Gasteiger partial charge in [-0.1, -0.05) is 15.9 Å². The maximum atomic E-state index is 11.3. The molecule has 148 valence electrons. The van der Waals surface area contributed by atoms with Crippen LogP contribution in [0, 0.1) is 13.8 Å². The van der Waals surface area contributed by atoms with Crippen molar-refractivity contribution < 1.29 is 19.1 Å². The summed E-state index contributed by atoms with van der Waals surface area (Å²) in [5.74, 6) is -0.776. The summed E-state index contributed by atoms with van der Waals surface area (Å²) >= 11 is 3.37. The van der Waals surface area contributed by atoms with Gasteiger partial charge in [-0.25, -0.2) is 0 Å². The molecule has 1 aromatic heterocycles. The number of nitrogens with zero attached hydrogens (tertiary/aromatic N) is 1. The van der Waals surface area contributed by atoms with E-state index in [1.807, 2.05) is 26.0 Å². The first-order valence-corrected chi connectivity index (χ1v) is 9.22. The first kappa shape index (κ1) is 24.5. The summed E-state index contributed by atoms with van der Waals surface area (Å²) in [5.41, 5.74) is 1.10. The fourth-order valence-corrected chi connectivity index (χ4v) is 2.47. The highest BCUT2D eigenvalue weighted by Gasteiger charge is 2.18. The van der Waals surface area contributed by atoms with Gasteiger partial charge < -0.3 is 9.47 Å². The highest BCUT2D eigenvalue weighted by atomic mass is 79.9. The van der Waals surface area contributed by atoms with Gasteiger partial charge in [0.1, 0.15) is 11.2 Å². The Kier molecular flexibility index (Phi) is 10.0. The molecule has 0 aliphatic carbocycles. The largest absolute Gasteiger partial charge is 0.459 e. The molecule has 0 aromatic carbocycles. The third-order valence-corrected chi connectivity index (χ3v) is 2.88. The van der Waals surface area contributed by atoms with Crippen molar-refractivity contribution in [3.8, 4) is 0 Å². The molecule has 1 heterocycles. The Morgan fingerprint density at radius 3 is 1.54 bits per heavy atom. The first-order chi connectivity index (χ1) is 11.7. The molecule has 0 unspecified atom stereocenters. The van der Waals surface area contributed by atoms with Gasteiger partial charge in [-0.3, -0.25) is 19.9 Å². The number of carbonyl (C=O) groups is 2. The maximum Gasteiger partial charge on any atom is 0.320 e. The normalized spacial score (nSPS) is 11.3. The lowest BCUT2D eigenvalue weighted by Crippen LogP contribution is -2.36. The molecule has 0 fully saturated rings. The van der Waals surface area contributed by atoms with E-state index < -0.39 is 11.2 Å². The van der Waals surface area contributed by atoms with E-state index in [4.69, 9.17) is 9.47 Å². The lowest BCUT2D eigenvalue weighted by molar-refractivity contribution is -0.155. The Morgan fingerprint density at radius 2 is 1.27 bits per heavy atom. The standard InChI is InChI=1S/C12H23NO4.C7H8BrN/c1-11(2,3)16-9(14)7-13-8-10(15)17-12(4,5)6;1-5-3-7(8)4-6(2)9-5/h13H,7-8H2,1-6H3;3-4H,1-2H3. The second-order valence-corrected chi connectivity index (χ2v) is 8.76. The van der Waals surface area contributed by atoms with Crippen LogP contribution < -0.4 is 5.32 Å². The molecule has 0 aliphatic rings. The van der Waals surface area contributed by atoms with Crippen LogP contribution in [0.15, 0.2) is 16.6 Å². The molecular weight excluding hydrogens is 400 g/mol. The summed E-state index contributed by atoms with van der Waals surface area (Å²) in [6, 6.07) is 3.99. The van der Waals surface area contributed by atoms with Crippen LogP contribution in [-0.2, 0) is 19.1 Å². The Hall–Kier alpha value is -1.47. The van der Waals surface area contributed by atoms with Crippen molar-refractivity contribution in [2.45, 2.75) is 66.6 Å². The molecule has 7 heteroatoms. The zero-order valence-electron chi connectivity index (χ0n) is 17.0. The van der Waals surface area contributed by atoms with Crippen molar-refractivity contribution >= 4 is 27.9 Å². The molecule has 0 bridgehead atoms. The van der Waals surface area contributed by atoms with Crippen LogP contribution >= 0.6 is 15.9 Å². The number of aryl methyl sites for hydroxylation is 2. The number of hydrogen-bond acceptors (Lipinski definition) is 6. The van der Waals surface area contributed by atoms with Gasteiger partial charge in [-0.2, -0.15) is 0 Å². The van der Waals surface area contributed by atoms with E-state index in [9.17, 15) is 9.59 Å². The van der Waals surface area contributed by atoms with Crippen LogP contribution in [-0.4, -0.2) is 41.2 Å². The number of nitrogens with one attached hydrogen (secondary N) is 1. The van der Waals surface area contributed by atoms with Crippen molar-refractivity contribution in [2.24, 2.45) is 0 Å². The van der Waals surface area contributed by atoms with Gasteiger partial charge in [0.25, 0.3) is 0 Å². The van der Waals surface area contributed by atoms with Gasteiger partial charge in [-0.15, -0.1) is 0 Å². The molecule has 0 saturated heterocycles. The second kappa shape index (κ2) is 10.6. The smallest absolute Gasteiger partial charge is 0.320 e. The molecule has 0 saturated carbocycles. The van der Waals surface area contributed by atoms with Gasteiger partial charge in [0.15, 0.2) is 0 Å². The van der Waals surface area contributed by atoms with Crippen LogP contribution in [0.1, 0.15) is 52.9 Å². The maximum absolute atomic E-state index is 11.3. The lowest BCUT2D eigenvalue weighted by atomic mass is 10.2. The zero-order chi connectivity index (χ0) is 20.5. The summed E-state index contributed by atoms with van der Waals surface area (Å²) in [5, 5.41) is 2.68. The van der Waals surface area contributed by atoms with Crippen molar-refractivity contribution in [2.75, 3.05) is 13.1 Å². The summed E-state index contributed by atoms with van der Waals surface area (Å²) in [4.78, 5) is 26.8. The third kappa shape index (κ3) is 14.8. The van der Waals surface area contributed by atoms with E-state index >= 15 is 0 Å². The van der Waals surface area contributed by atoms with Crippen molar-refractivity contribution in [3.05, 3.63) is 28.0 Å². The Bertz CT molecular complexity index is 526. The van der Waals surface area contributed by atoms with E-state index in [1.165, 1.54) is 0 Å². The molecule has 1 aromatic rings. The fourth-order valence-electron chi connectivity index (χ4n) is 1.81. The number of pyridine rings is 1. The van der Waals surface area contributed by atoms with E-state index in [-0.39, 0.29) is 25.0 Å². The molecule has 0 radical (unpaired) electrons. The monoisotopic (exact) mass is 430 g/mol. The lowest BCUT2D eigenvalue weighted by Gasteiger charge is -2.20. The molecule has 0 aliphatic heterocycles. The summed E-state index contributed by atoms with van der Waals surface area (Å²) in [6.07, 6.45) is 0. The van der Waals surface area contributed by atoms with Crippen molar-refractivity contribution in [1.82, 2.24) is 10.3 Å². The van der Waals surface area contributed by atoms with Crippen LogP contribution in [0.25, 0.3) is 0 Å². The van der Waals surface area contributed by atoms with Crippen LogP contribution in [0.4, 0.5) is 0 Å². The fraction of sp³-hybridized carbons (Fsp3) is 0.632. The predicted octanol–water partition coefficient (Wildman–Crippen LogP) is 3.72. The average Bonchev–Trinajstić information content (AvgIpc) is 2.32. The number of carbonyl (C=O) groups excluding carboxylic acids is 2. The van der Waals surface area contributed by atoms with Gasteiger partial charge >= 0.3 is 11.9 Å². The minimum Gasteiger partial charge on any atom is -0.459 e. The number of hydrogen-bond donors (Lipinski definition) is 1. The molecule has 1 N–H and O–H groups in total. The van der Waals surface area contributed by atoms with Crippen LogP contribution in [0.5, 0.6) is 0 Å². The summed E-state index contributed by atoms with van der Waals surface area (Å²) in [7, 11) is 0. The minimum absolute atomic E-state index is 0.00346. The van der Waals surface area contributed by atoms with E-state index in [0.29, 0.717) is 0 Å². The zero-order valence-corrected chi connectivity index (χ0v) is 18.6. The van der Waals surface area contributed by atoms with Crippen LogP contribution in [0.2, 0.25) is 0 Å². The quantitative estimate of drug-likeness (QED) is 0.733. The van der Waals surface area contributed by atoms with Gasteiger partial charge in [0.2, 0.25) is 0 Å². The van der Waals surface area contributed by atoms with Crippen molar-refractivity contribution in [3.63, 3.8) is 0 Å². The number of aromatic nitrogens is 1. The van der Waals surface area contributed by atoms with Gasteiger partial charge in [0.05, 0.1) is 13.1 Å². The molecular formula is C19H31BrN2O4. The SMILES string of the molecule is CC(C)(C)OC(=O)CNCC(=O)OC(C)(C)C.Cc1cc(Br)cc(C)n1. The topological polar surface area (TPSA) is 77.5 Å². The van der Waals surface area contributed by atoms with Crippen molar-refractivity contribution in [1.29, 1.82) is 0 Å². The molecule has 0 atom stereocenters. The number of esters is 2. The molecule has 6 nitrogen and oxygen atoms in total. The molecule has 0 spiro atoms. The molecule has 26 heavy (non-hydrogen) atoms. The second-order valence-electron chi connectivity index (χ2n) is 7.84. The highest BCUT2D eigenvalue weighted by molar-refractivity contribution is 9.10.